The fourth-order valence-corrected chi connectivity index (χ4v) is 2.23. The van der Waals surface area contributed by atoms with Crippen molar-refractivity contribution in [2.75, 3.05) is 19.8 Å². The molecule has 1 aromatic rings. The van der Waals surface area contributed by atoms with Crippen LogP contribution in [0.2, 0.25) is 0 Å². The van der Waals surface area contributed by atoms with Crippen molar-refractivity contribution in [2.45, 2.75) is 32.6 Å². The molecule has 1 rings (SSSR count). The van der Waals surface area contributed by atoms with Gasteiger partial charge in [-0.1, -0.05) is 35.0 Å². The highest BCUT2D eigenvalue weighted by Crippen LogP contribution is 2.29. The molecule has 1 aromatic carbocycles. The number of hydrogen-bond acceptors (Lipinski definition) is 3. The molecule has 0 saturated carbocycles. The molecule has 0 amide bonds. The number of hydrogen-bond donors (Lipinski definition) is 1. The zero-order chi connectivity index (χ0) is 15.2. The van der Waals surface area contributed by atoms with Crippen molar-refractivity contribution in [1.29, 1.82) is 5.26 Å². The van der Waals surface area contributed by atoms with Gasteiger partial charge in [-0.2, -0.15) is 5.26 Å². The maximum atomic E-state index is 9.71. The van der Waals surface area contributed by atoms with Gasteiger partial charge < -0.3 is 9.84 Å². The van der Waals surface area contributed by atoms with Crippen LogP contribution in [0.4, 0.5) is 0 Å². The Morgan fingerprint density at radius 1 is 1.35 bits per heavy atom. The van der Waals surface area contributed by atoms with Crippen molar-refractivity contribution in [3.8, 4) is 6.07 Å². The fraction of sp³-hybridized carbons (Fsp3) is 0.562. The maximum Gasteiger partial charge on any atom is 0.0750 e. The molecule has 0 aromatic heterocycles. The van der Waals surface area contributed by atoms with Gasteiger partial charge in [-0.05, 0) is 38.0 Å². The summed E-state index contributed by atoms with van der Waals surface area (Å²) >= 11 is 3.45. The number of benzene rings is 1. The highest BCUT2D eigenvalue weighted by Gasteiger charge is 2.26. The van der Waals surface area contributed by atoms with E-state index in [-0.39, 0.29) is 12.0 Å². The average molecular weight is 340 g/mol. The number of ether oxygens (including phenoxy) is 1. The molecule has 0 aliphatic heterocycles. The van der Waals surface area contributed by atoms with Crippen LogP contribution in [-0.4, -0.2) is 24.9 Å². The van der Waals surface area contributed by atoms with Gasteiger partial charge in [0.1, 0.15) is 0 Å². The van der Waals surface area contributed by atoms with Crippen LogP contribution in [0.5, 0.6) is 0 Å². The first-order valence-electron chi connectivity index (χ1n) is 6.69. The second-order valence-electron chi connectivity index (χ2n) is 6.03. The van der Waals surface area contributed by atoms with Gasteiger partial charge in [0, 0.05) is 16.5 Å². The summed E-state index contributed by atoms with van der Waals surface area (Å²) in [7, 11) is 0. The van der Waals surface area contributed by atoms with E-state index in [1.165, 1.54) is 0 Å². The number of rotatable bonds is 7. The Balaban J connectivity index is 2.61. The van der Waals surface area contributed by atoms with Crippen LogP contribution >= 0.6 is 15.9 Å². The molecule has 0 spiro atoms. The molecule has 3 nitrogen and oxygen atoms in total. The van der Waals surface area contributed by atoms with E-state index in [9.17, 15) is 5.11 Å². The van der Waals surface area contributed by atoms with Gasteiger partial charge in [0.05, 0.1) is 24.7 Å². The predicted molar refractivity (Wildman–Crippen MR) is 83.4 cm³/mol. The molecule has 1 atom stereocenters. The van der Waals surface area contributed by atoms with Gasteiger partial charge in [-0.15, -0.1) is 0 Å². The third-order valence-corrected chi connectivity index (χ3v) is 3.93. The predicted octanol–water partition coefficient (Wildman–Crippen LogP) is 3.66. The molecule has 1 N–H and O–H groups in total. The van der Waals surface area contributed by atoms with Gasteiger partial charge in [0.15, 0.2) is 0 Å². The summed E-state index contributed by atoms with van der Waals surface area (Å²) in [5.74, 6) is 0. The van der Waals surface area contributed by atoms with Crippen molar-refractivity contribution >= 4 is 15.9 Å². The molecule has 1 unspecified atom stereocenters. The number of halogens is 1. The lowest BCUT2D eigenvalue weighted by atomic mass is 9.80. The van der Waals surface area contributed by atoms with Crippen LogP contribution in [0, 0.1) is 16.7 Å². The monoisotopic (exact) mass is 339 g/mol. The summed E-state index contributed by atoms with van der Waals surface area (Å²) in [5.41, 5.74) is 0.281. The number of aliphatic hydroxyl groups is 1. The zero-order valence-corrected chi connectivity index (χ0v) is 13.9. The molecule has 110 valence electrons. The van der Waals surface area contributed by atoms with Crippen molar-refractivity contribution in [3.05, 3.63) is 34.3 Å². The lowest BCUT2D eigenvalue weighted by molar-refractivity contribution is 0.0642. The van der Waals surface area contributed by atoms with E-state index < -0.39 is 5.41 Å². The van der Waals surface area contributed by atoms with Gasteiger partial charge in [-0.25, -0.2) is 0 Å². The number of nitriles is 1. The van der Waals surface area contributed by atoms with E-state index in [0.717, 1.165) is 10.0 Å². The molecular formula is C16H22BrNO2. The lowest BCUT2D eigenvalue weighted by Gasteiger charge is -2.28. The Hall–Kier alpha value is -0.890. The van der Waals surface area contributed by atoms with Crippen molar-refractivity contribution in [3.63, 3.8) is 0 Å². The molecule has 20 heavy (non-hydrogen) atoms. The molecule has 0 radical (unpaired) electrons. The van der Waals surface area contributed by atoms with E-state index in [1.54, 1.807) is 0 Å². The summed E-state index contributed by atoms with van der Waals surface area (Å²) < 4.78 is 6.59. The summed E-state index contributed by atoms with van der Waals surface area (Å²) in [5, 5.41) is 18.6. The summed E-state index contributed by atoms with van der Waals surface area (Å²) in [6.45, 7) is 6.72. The van der Waals surface area contributed by atoms with Gasteiger partial charge >= 0.3 is 0 Å². The highest BCUT2D eigenvalue weighted by atomic mass is 79.9. The first-order chi connectivity index (χ1) is 9.33. The Morgan fingerprint density at radius 2 is 2.05 bits per heavy atom. The van der Waals surface area contributed by atoms with Crippen molar-refractivity contribution < 1.29 is 9.84 Å². The largest absolute Gasteiger partial charge is 0.395 e. The van der Waals surface area contributed by atoms with Crippen LogP contribution < -0.4 is 0 Å². The first-order valence-corrected chi connectivity index (χ1v) is 7.48. The topological polar surface area (TPSA) is 53.2 Å². The van der Waals surface area contributed by atoms with E-state index in [2.05, 4.69) is 22.0 Å². The fourth-order valence-electron chi connectivity index (χ4n) is 1.84. The van der Waals surface area contributed by atoms with Crippen LogP contribution in [0.25, 0.3) is 0 Å². The van der Waals surface area contributed by atoms with E-state index >= 15 is 0 Å². The van der Waals surface area contributed by atoms with Gasteiger partial charge in [0.2, 0.25) is 0 Å². The van der Waals surface area contributed by atoms with E-state index in [0.29, 0.717) is 19.6 Å². The third kappa shape index (κ3) is 4.90. The lowest BCUT2D eigenvalue weighted by Crippen LogP contribution is -2.29. The first kappa shape index (κ1) is 17.2. The Labute approximate surface area is 129 Å². The summed E-state index contributed by atoms with van der Waals surface area (Å²) in [6.07, 6.45) is 0.710. The molecular weight excluding hydrogens is 318 g/mol. The second kappa shape index (κ2) is 7.21. The SMILES string of the molecule is CC(C)(C#N)COCCC(C)(CO)c1cccc(Br)c1. The Bertz CT molecular complexity index is 482. The van der Waals surface area contributed by atoms with E-state index in [1.807, 2.05) is 45.0 Å². The zero-order valence-electron chi connectivity index (χ0n) is 12.3. The quantitative estimate of drug-likeness (QED) is 0.771. The Morgan fingerprint density at radius 3 is 2.60 bits per heavy atom. The molecule has 0 aliphatic carbocycles. The molecule has 0 saturated heterocycles. The second-order valence-corrected chi connectivity index (χ2v) is 6.94. The molecule has 0 fully saturated rings. The van der Waals surface area contributed by atoms with Crippen LogP contribution in [0.1, 0.15) is 32.8 Å². The molecule has 0 bridgehead atoms. The normalized spacial score (nSPS) is 14.6. The Kier molecular flexibility index (Phi) is 6.19. The third-order valence-electron chi connectivity index (χ3n) is 3.43. The van der Waals surface area contributed by atoms with Crippen LogP contribution in [0.3, 0.4) is 0 Å². The van der Waals surface area contributed by atoms with Crippen molar-refractivity contribution in [2.24, 2.45) is 5.41 Å². The number of nitrogens with zero attached hydrogens (tertiary/aromatic N) is 1. The highest BCUT2D eigenvalue weighted by molar-refractivity contribution is 9.10. The standard InChI is InChI=1S/C16H22BrNO2/c1-15(2,10-18)12-20-8-7-16(3,11-19)13-5-4-6-14(17)9-13/h4-6,9,19H,7-8,11-12H2,1-3H3. The van der Waals surface area contributed by atoms with Crippen LogP contribution in [0.15, 0.2) is 28.7 Å². The number of aliphatic hydroxyl groups excluding tert-OH is 1. The van der Waals surface area contributed by atoms with E-state index in [4.69, 9.17) is 10.00 Å². The average Bonchev–Trinajstić information content (AvgIpc) is 2.43. The minimum absolute atomic E-state index is 0.0639. The molecule has 0 aliphatic rings. The van der Waals surface area contributed by atoms with Crippen LogP contribution in [-0.2, 0) is 10.2 Å². The summed E-state index contributed by atoms with van der Waals surface area (Å²) in [6, 6.07) is 10.2. The molecule has 4 heteroatoms. The van der Waals surface area contributed by atoms with Gasteiger partial charge in [-0.3, -0.25) is 0 Å². The maximum absolute atomic E-state index is 9.71. The minimum Gasteiger partial charge on any atom is -0.395 e. The smallest absolute Gasteiger partial charge is 0.0750 e. The minimum atomic E-state index is -0.467. The van der Waals surface area contributed by atoms with Gasteiger partial charge in [0.25, 0.3) is 0 Å². The van der Waals surface area contributed by atoms with Crippen molar-refractivity contribution in [1.82, 2.24) is 0 Å². The summed E-state index contributed by atoms with van der Waals surface area (Å²) in [4.78, 5) is 0. The molecule has 0 heterocycles.